The second kappa shape index (κ2) is 8.74. The molecule has 0 radical (unpaired) electrons. The molecule has 0 fully saturated rings. The van der Waals surface area contributed by atoms with E-state index < -0.39 is 34.9 Å². The van der Waals surface area contributed by atoms with Crippen molar-refractivity contribution < 1.29 is 36.6 Å². The highest BCUT2D eigenvalue weighted by Crippen LogP contribution is 2.35. The summed E-state index contributed by atoms with van der Waals surface area (Å²) in [6, 6.07) is 11.5. The Morgan fingerprint density at radius 3 is 2.21 bits per heavy atom. The molecule has 1 N–H and O–H groups in total. The Morgan fingerprint density at radius 1 is 0.941 bits per heavy atom. The minimum atomic E-state index is -4.66. The van der Waals surface area contributed by atoms with Gasteiger partial charge in [-0.25, -0.2) is 18.6 Å². The number of pyridine rings is 1. The summed E-state index contributed by atoms with van der Waals surface area (Å²) in [5.74, 6) is -2.63. The van der Waals surface area contributed by atoms with E-state index in [1.54, 1.807) is 6.92 Å². The molecule has 0 bridgehead atoms. The lowest BCUT2D eigenvalue weighted by molar-refractivity contribution is -0.137. The van der Waals surface area contributed by atoms with Crippen LogP contribution < -0.4 is 4.74 Å². The van der Waals surface area contributed by atoms with Gasteiger partial charge in [-0.1, -0.05) is 12.1 Å². The number of benzene rings is 3. The third-order valence-corrected chi connectivity index (χ3v) is 5.17. The summed E-state index contributed by atoms with van der Waals surface area (Å²) >= 11 is 0. The first kappa shape index (κ1) is 23.2. The van der Waals surface area contributed by atoms with Crippen molar-refractivity contribution in [2.75, 3.05) is 6.61 Å². The fourth-order valence-electron chi connectivity index (χ4n) is 3.59. The highest BCUT2D eigenvalue weighted by atomic mass is 19.4. The van der Waals surface area contributed by atoms with E-state index in [1.165, 1.54) is 24.3 Å². The van der Waals surface area contributed by atoms with Crippen molar-refractivity contribution in [2.24, 2.45) is 0 Å². The average molecular weight is 473 g/mol. The van der Waals surface area contributed by atoms with Crippen LogP contribution in [-0.4, -0.2) is 22.7 Å². The highest BCUT2D eigenvalue weighted by Gasteiger charge is 2.31. The van der Waals surface area contributed by atoms with Crippen molar-refractivity contribution in [2.45, 2.75) is 13.1 Å². The first-order chi connectivity index (χ1) is 16.1. The molecular formula is C25H16F5NO3. The Hall–Kier alpha value is -4.01. The Labute approximate surface area is 190 Å². The first-order valence-corrected chi connectivity index (χ1v) is 10.1. The number of alkyl halides is 3. The third-order valence-electron chi connectivity index (χ3n) is 5.17. The van der Waals surface area contributed by atoms with E-state index in [-0.39, 0.29) is 33.3 Å². The average Bonchev–Trinajstić information content (AvgIpc) is 2.78. The molecule has 0 amide bonds. The van der Waals surface area contributed by atoms with Crippen molar-refractivity contribution in [3.63, 3.8) is 0 Å². The summed E-state index contributed by atoms with van der Waals surface area (Å²) in [6.07, 6.45) is -4.66. The maximum Gasteiger partial charge on any atom is 0.416 e. The number of halogens is 5. The second-order valence-electron chi connectivity index (χ2n) is 7.36. The van der Waals surface area contributed by atoms with Gasteiger partial charge in [-0.05, 0) is 49.4 Å². The van der Waals surface area contributed by atoms with Crippen LogP contribution in [0.15, 0.2) is 60.7 Å². The number of hydrogen-bond acceptors (Lipinski definition) is 3. The topological polar surface area (TPSA) is 59.4 Å². The molecule has 0 saturated carbocycles. The van der Waals surface area contributed by atoms with Crippen LogP contribution in [0.5, 0.6) is 5.75 Å². The van der Waals surface area contributed by atoms with Crippen molar-refractivity contribution in [1.29, 1.82) is 0 Å². The van der Waals surface area contributed by atoms with Gasteiger partial charge >= 0.3 is 12.1 Å². The van der Waals surface area contributed by atoms with E-state index in [0.29, 0.717) is 18.4 Å². The SMILES string of the molecule is CCOc1ccc(-c2ccc(-c3cc(C(=O)O)c4cc(C(F)(F)F)ccc4n3)cc2F)c(F)c1. The number of hydrogen-bond donors (Lipinski definition) is 1. The number of fused-ring (bicyclic) bond motifs is 1. The van der Waals surface area contributed by atoms with Gasteiger partial charge in [-0.2, -0.15) is 13.2 Å². The number of aromatic carboxylic acids is 1. The molecule has 34 heavy (non-hydrogen) atoms. The summed E-state index contributed by atoms with van der Waals surface area (Å²) in [6.45, 7) is 2.09. The molecule has 174 valence electrons. The maximum atomic E-state index is 14.9. The first-order valence-electron chi connectivity index (χ1n) is 10.1. The van der Waals surface area contributed by atoms with Crippen LogP contribution in [0.1, 0.15) is 22.8 Å². The van der Waals surface area contributed by atoms with Gasteiger partial charge < -0.3 is 9.84 Å². The van der Waals surface area contributed by atoms with Crippen molar-refractivity contribution in [3.8, 4) is 28.1 Å². The van der Waals surface area contributed by atoms with Crippen LogP contribution in [0.25, 0.3) is 33.3 Å². The molecule has 4 rings (SSSR count). The normalized spacial score (nSPS) is 11.6. The van der Waals surface area contributed by atoms with E-state index >= 15 is 0 Å². The molecule has 0 spiro atoms. The zero-order valence-electron chi connectivity index (χ0n) is 17.6. The lowest BCUT2D eigenvalue weighted by atomic mass is 9.99. The van der Waals surface area contributed by atoms with Crippen LogP contribution >= 0.6 is 0 Å². The van der Waals surface area contributed by atoms with Crippen molar-refractivity contribution in [1.82, 2.24) is 4.98 Å². The maximum absolute atomic E-state index is 14.9. The molecule has 0 aliphatic heterocycles. The number of carbonyl (C=O) groups is 1. The van der Waals surface area contributed by atoms with Gasteiger partial charge in [0.1, 0.15) is 17.4 Å². The van der Waals surface area contributed by atoms with E-state index in [9.17, 15) is 31.9 Å². The minimum Gasteiger partial charge on any atom is -0.494 e. The van der Waals surface area contributed by atoms with Crippen LogP contribution in [0.3, 0.4) is 0 Å². The van der Waals surface area contributed by atoms with Gasteiger partial charge in [0.05, 0.1) is 28.9 Å². The molecule has 0 unspecified atom stereocenters. The number of carboxylic acid groups (broad SMARTS) is 1. The number of nitrogens with zero attached hydrogens (tertiary/aromatic N) is 1. The predicted molar refractivity (Wildman–Crippen MR) is 116 cm³/mol. The molecule has 3 aromatic carbocycles. The standard InChI is InChI=1S/C25H16F5NO3/c1-2-34-15-5-7-17(21(27)11-15)16-6-3-13(9-20(16)26)23-12-19(24(32)33)18-10-14(25(28,29)30)4-8-22(18)31-23/h3-12H,2H2,1H3,(H,32,33). The van der Waals surface area contributed by atoms with Crippen LogP contribution in [0.4, 0.5) is 22.0 Å². The van der Waals surface area contributed by atoms with Crippen LogP contribution in [-0.2, 0) is 6.18 Å². The predicted octanol–water partition coefficient (Wildman–Crippen LogP) is 6.96. The van der Waals surface area contributed by atoms with Gasteiger partial charge in [0.25, 0.3) is 0 Å². The van der Waals surface area contributed by atoms with Gasteiger partial charge in [0, 0.05) is 28.1 Å². The third kappa shape index (κ3) is 4.41. The van der Waals surface area contributed by atoms with E-state index in [2.05, 4.69) is 4.98 Å². The van der Waals surface area contributed by atoms with E-state index in [1.807, 2.05) is 0 Å². The molecule has 0 saturated heterocycles. The number of rotatable bonds is 5. The highest BCUT2D eigenvalue weighted by molar-refractivity contribution is 6.04. The second-order valence-corrected chi connectivity index (χ2v) is 7.36. The molecule has 0 aliphatic rings. The lowest BCUT2D eigenvalue weighted by Crippen LogP contribution is -2.06. The Morgan fingerprint density at radius 2 is 1.62 bits per heavy atom. The van der Waals surface area contributed by atoms with Crippen molar-refractivity contribution >= 4 is 16.9 Å². The van der Waals surface area contributed by atoms with Gasteiger partial charge in [0.15, 0.2) is 0 Å². The number of ether oxygens (including phenoxy) is 1. The Balaban J connectivity index is 1.79. The summed E-state index contributed by atoms with van der Waals surface area (Å²) in [5.41, 5.74) is -1.22. The molecule has 4 nitrogen and oxygen atoms in total. The summed E-state index contributed by atoms with van der Waals surface area (Å²) in [5, 5.41) is 9.36. The van der Waals surface area contributed by atoms with Gasteiger partial charge in [-0.15, -0.1) is 0 Å². The summed E-state index contributed by atoms with van der Waals surface area (Å²) in [7, 11) is 0. The summed E-state index contributed by atoms with van der Waals surface area (Å²) < 4.78 is 73.8. The van der Waals surface area contributed by atoms with E-state index in [0.717, 1.165) is 30.3 Å². The fourth-order valence-corrected chi connectivity index (χ4v) is 3.59. The Kier molecular flexibility index (Phi) is 5.95. The number of carboxylic acids is 1. The van der Waals surface area contributed by atoms with Crippen LogP contribution in [0, 0.1) is 11.6 Å². The van der Waals surface area contributed by atoms with Crippen LogP contribution in [0.2, 0.25) is 0 Å². The molecule has 0 atom stereocenters. The van der Waals surface area contributed by atoms with Gasteiger partial charge in [-0.3, -0.25) is 0 Å². The molecule has 9 heteroatoms. The zero-order chi connectivity index (χ0) is 24.6. The Bertz CT molecular complexity index is 1420. The zero-order valence-corrected chi connectivity index (χ0v) is 17.6. The van der Waals surface area contributed by atoms with Crippen molar-refractivity contribution in [3.05, 3.63) is 83.4 Å². The summed E-state index contributed by atoms with van der Waals surface area (Å²) in [4.78, 5) is 16.0. The largest absolute Gasteiger partial charge is 0.494 e. The smallest absolute Gasteiger partial charge is 0.416 e. The number of aromatic nitrogens is 1. The quantitative estimate of drug-likeness (QED) is 0.318. The molecular weight excluding hydrogens is 457 g/mol. The van der Waals surface area contributed by atoms with E-state index in [4.69, 9.17) is 4.74 Å². The van der Waals surface area contributed by atoms with Gasteiger partial charge in [0.2, 0.25) is 0 Å². The monoisotopic (exact) mass is 473 g/mol. The molecule has 1 aromatic heterocycles. The molecule has 0 aliphatic carbocycles. The minimum absolute atomic E-state index is 0.00452. The lowest BCUT2D eigenvalue weighted by Gasteiger charge is -2.12. The molecule has 1 heterocycles. The molecule has 4 aromatic rings. The fraction of sp³-hybridized carbons (Fsp3) is 0.120.